The van der Waals surface area contributed by atoms with Crippen LogP contribution < -0.4 is 4.72 Å². The van der Waals surface area contributed by atoms with Gasteiger partial charge in [-0.2, -0.15) is 0 Å². The number of H-pyrrole nitrogens is 1. The molecule has 5 nitrogen and oxygen atoms in total. The second-order valence-corrected chi connectivity index (χ2v) is 5.65. The third-order valence-corrected chi connectivity index (χ3v) is 3.67. The summed E-state index contributed by atoms with van der Waals surface area (Å²) >= 11 is 0. The van der Waals surface area contributed by atoms with Crippen molar-refractivity contribution in [2.24, 2.45) is 0 Å². The molecule has 1 aromatic heterocycles. The fraction of sp³-hybridized carbons (Fsp3) is 0.429. The van der Waals surface area contributed by atoms with Gasteiger partial charge in [0.25, 0.3) is 0 Å². The zero-order valence-electron chi connectivity index (χ0n) is 20.7. The van der Waals surface area contributed by atoms with E-state index in [9.17, 15) is 8.42 Å². The lowest BCUT2D eigenvalue weighted by Gasteiger charge is -2.08. The Morgan fingerprint density at radius 2 is 2.25 bits per heavy atom. The molecule has 0 atom stereocenters. The Kier molecular flexibility index (Phi) is 1.96. The fourth-order valence-corrected chi connectivity index (χ4v) is 2.24. The number of rotatable bonds is 6. The summed E-state index contributed by atoms with van der Waals surface area (Å²) in [6, 6.07) is 3.73. The Morgan fingerprint density at radius 3 is 2.95 bits per heavy atom. The second kappa shape index (κ2) is 5.95. The van der Waals surface area contributed by atoms with Gasteiger partial charge in [0.15, 0.2) is 0 Å². The monoisotopic (exact) mass is 305 g/mol. The number of hydrogen-bond acceptors (Lipinski definition) is 3. The largest absolute Gasteiger partial charge is 0.361 e. The van der Waals surface area contributed by atoms with Crippen LogP contribution in [0.4, 0.5) is 0 Å². The molecular weight excluding hydrogens is 274 g/mol. The predicted molar refractivity (Wildman–Crippen MR) is 82.2 cm³/mol. The minimum absolute atomic E-state index is 0.0907. The molecule has 6 heteroatoms. The molecule has 0 bridgehead atoms. The third-order valence-electron chi connectivity index (χ3n) is 2.63. The van der Waals surface area contributed by atoms with E-state index in [0.717, 1.165) is 13.1 Å². The van der Waals surface area contributed by atoms with Gasteiger partial charge in [0, 0.05) is 37.4 Å². The van der Waals surface area contributed by atoms with Crippen LogP contribution >= 0.6 is 0 Å². The fourth-order valence-electron chi connectivity index (χ4n) is 1.70. The van der Waals surface area contributed by atoms with Crippen LogP contribution in [-0.2, 0) is 22.1 Å². The van der Waals surface area contributed by atoms with Crippen molar-refractivity contribution in [3.63, 3.8) is 0 Å². The molecule has 0 aliphatic heterocycles. The number of benzene rings is 1. The standard InChI is InChI=1S/C14H21N3O2S/c1-15-20(18,19)10-11-4-5-14-13(8-11)12(9-16-14)6-7-17(2)3/h4-5,8-9,15-16H,6-7,10H2,1-3H3/i2D3,3D3,6D2,10D2. The van der Waals surface area contributed by atoms with E-state index in [2.05, 4.69) is 4.98 Å². The Balaban J connectivity index is 2.59. The van der Waals surface area contributed by atoms with Gasteiger partial charge in [0.05, 0.1) is 5.70 Å². The van der Waals surface area contributed by atoms with Gasteiger partial charge in [-0.05, 0) is 50.6 Å². The van der Waals surface area contributed by atoms with Crippen molar-refractivity contribution in [3.8, 4) is 0 Å². The molecule has 1 aromatic carbocycles. The third kappa shape index (κ3) is 3.59. The normalized spacial score (nSPS) is 22.5. The maximum absolute atomic E-state index is 12.0. The summed E-state index contributed by atoms with van der Waals surface area (Å²) in [5.41, 5.74) is -2.90. The minimum atomic E-state index is -4.39. The van der Waals surface area contributed by atoms with Gasteiger partial charge in [-0.1, -0.05) is 6.07 Å². The predicted octanol–water partition coefficient (Wildman–Crippen LogP) is 1.32. The van der Waals surface area contributed by atoms with Crippen molar-refractivity contribution in [1.82, 2.24) is 14.6 Å². The quantitative estimate of drug-likeness (QED) is 0.846. The Morgan fingerprint density at radius 1 is 1.45 bits per heavy atom. The molecule has 2 aromatic rings. The Hall–Kier alpha value is -1.37. The number of hydrogen-bond donors (Lipinski definition) is 2. The van der Waals surface area contributed by atoms with Gasteiger partial charge in [0.1, 0.15) is 0 Å². The summed E-state index contributed by atoms with van der Waals surface area (Å²) in [7, 11) is -3.33. The summed E-state index contributed by atoms with van der Waals surface area (Å²) < 4.78 is 103. The van der Waals surface area contributed by atoms with Crippen LogP contribution in [0.3, 0.4) is 0 Å². The molecule has 0 aliphatic carbocycles. The first-order valence-corrected chi connectivity index (χ1v) is 7.16. The Labute approximate surface area is 134 Å². The van der Waals surface area contributed by atoms with E-state index in [-0.39, 0.29) is 21.4 Å². The molecule has 0 radical (unpaired) electrons. The molecule has 0 amide bonds. The first kappa shape index (κ1) is 6.60. The van der Waals surface area contributed by atoms with E-state index in [1.807, 2.05) is 4.72 Å². The molecule has 0 saturated heterocycles. The molecule has 2 N–H and O–H groups in total. The van der Waals surface area contributed by atoms with Gasteiger partial charge >= 0.3 is 0 Å². The lowest BCUT2D eigenvalue weighted by Crippen LogP contribution is -2.20. The second-order valence-electron chi connectivity index (χ2n) is 4.04. The van der Waals surface area contributed by atoms with E-state index < -0.39 is 42.6 Å². The first-order valence-electron chi connectivity index (χ1n) is 10.7. The zero-order valence-corrected chi connectivity index (χ0v) is 11.5. The SMILES string of the molecule is [2H]C([2H])(CN(C([2H])([2H])[2H])C([2H])([2H])[2H])c1c[nH]c2ccc(C([2H])([2H])S(=O)(=O)NC)cc12. The highest BCUT2D eigenvalue weighted by Gasteiger charge is 2.11. The lowest BCUT2D eigenvalue weighted by atomic mass is 10.1. The van der Waals surface area contributed by atoms with E-state index in [0.29, 0.717) is 5.52 Å². The highest BCUT2D eigenvalue weighted by atomic mass is 32.2. The van der Waals surface area contributed by atoms with Crippen molar-refractivity contribution in [2.75, 3.05) is 27.5 Å². The molecule has 1 heterocycles. The summed E-state index contributed by atoms with van der Waals surface area (Å²) in [4.78, 5) is 2.84. The number of aromatic nitrogens is 1. The van der Waals surface area contributed by atoms with Crippen molar-refractivity contribution < 1.29 is 22.1 Å². The summed E-state index contributed by atoms with van der Waals surface area (Å²) in [5.74, 6) is 0. The number of nitrogens with zero attached hydrogens (tertiary/aromatic N) is 1. The smallest absolute Gasteiger partial charge is 0.215 e. The summed E-state index contributed by atoms with van der Waals surface area (Å²) in [6.07, 6.45) is -1.26. The van der Waals surface area contributed by atoms with Crippen LogP contribution in [0.25, 0.3) is 10.9 Å². The topological polar surface area (TPSA) is 65.2 Å². The molecule has 0 spiro atoms. The molecule has 110 valence electrons. The van der Waals surface area contributed by atoms with E-state index in [4.69, 9.17) is 13.7 Å². The van der Waals surface area contributed by atoms with E-state index in [1.54, 1.807) is 0 Å². The minimum Gasteiger partial charge on any atom is -0.361 e. The van der Waals surface area contributed by atoms with E-state index >= 15 is 0 Å². The molecule has 2 rings (SSSR count). The first-order chi connectivity index (χ1) is 13.3. The number of sulfonamides is 1. The van der Waals surface area contributed by atoms with Crippen molar-refractivity contribution in [3.05, 3.63) is 35.5 Å². The van der Waals surface area contributed by atoms with Gasteiger partial charge < -0.3 is 9.88 Å². The Bertz CT molecular complexity index is 1010. The lowest BCUT2D eigenvalue weighted by molar-refractivity contribution is 0.414. The van der Waals surface area contributed by atoms with E-state index in [1.165, 1.54) is 18.3 Å². The molecule has 0 fully saturated rings. The van der Waals surface area contributed by atoms with Gasteiger partial charge in [-0.3, -0.25) is 0 Å². The highest BCUT2D eigenvalue weighted by molar-refractivity contribution is 7.88. The van der Waals surface area contributed by atoms with Crippen LogP contribution in [-0.4, -0.2) is 45.8 Å². The number of likely N-dealkylation sites (N-methyl/N-ethyl adjacent to an activating group) is 1. The average molecular weight is 305 g/mol. The van der Waals surface area contributed by atoms with Crippen LogP contribution in [0.15, 0.2) is 24.4 Å². The summed E-state index contributed by atoms with van der Waals surface area (Å²) in [6.45, 7) is -7.18. The molecule has 20 heavy (non-hydrogen) atoms. The van der Waals surface area contributed by atoms with Crippen LogP contribution in [0.1, 0.15) is 24.8 Å². The maximum Gasteiger partial charge on any atom is 0.215 e. The number of fused-ring (bicyclic) bond motifs is 1. The number of aromatic amines is 1. The molecular formula is C14H21N3O2S. The van der Waals surface area contributed by atoms with Crippen molar-refractivity contribution in [1.29, 1.82) is 0 Å². The average Bonchev–Trinajstić information content (AvgIpc) is 3.01. The van der Waals surface area contributed by atoms with Gasteiger partial charge in [0.2, 0.25) is 10.0 Å². The van der Waals surface area contributed by atoms with Gasteiger partial charge in [-0.15, -0.1) is 0 Å². The molecule has 0 unspecified atom stereocenters. The number of nitrogens with one attached hydrogen (secondary N) is 2. The molecule has 0 aliphatic rings. The van der Waals surface area contributed by atoms with Crippen molar-refractivity contribution in [2.45, 2.75) is 12.1 Å². The highest BCUT2D eigenvalue weighted by Crippen LogP contribution is 2.21. The van der Waals surface area contributed by atoms with Crippen LogP contribution in [0, 0.1) is 0 Å². The van der Waals surface area contributed by atoms with Gasteiger partial charge in [-0.25, -0.2) is 13.1 Å². The summed E-state index contributed by atoms with van der Waals surface area (Å²) in [5, 5.41) is 0.101. The van der Waals surface area contributed by atoms with Crippen LogP contribution in [0.2, 0.25) is 0 Å². The van der Waals surface area contributed by atoms with Crippen LogP contribution in [0.5, 0.6) is 0 Å². The zero-order chi connectivity index (χ0) is 23.3. The van der Waals surface area contributed by atoms with Crippen molar-refractivity contribution >= 4 is 20.9 Å². The molecule has 0 saturated carbocycles. The maximum atomic E-state index is 12.0.